The Balaban J connectivity index is 1.73. The first-order chi connectivity index (χ1) is 13.2. The van der Waals surface area contributed by atoms with E-state index < -0.39 is 12.1 Å². The lowest BCUT2D eigenvalue weighted by Gasteiger charge is -2.42. The zero-order valence-corrected chi connectivity index (χ0v) is 15.5. The van der Waals surface area contributed by atoms with Crippen LogP contribution >= 0.6 is 0 Å². The zero-order chi connectivity index (χ0) is 20.4. The molecule has 1 saturated heterocycles. The van der Waals surface area contributed by atoms with Crippen LogP contribution in [0.25, 0.3) is 11.4 Å². The minimum atomic E-state index is -4.72. The predicted molar refractivity (Wildman–Crippen MR) is 93.5 cm³/mol. The first-order valence-electron chi connectivity index (χ1n) is 8.76. The first-order valence-corrected chi connectivity index (χ1v) is 8.76. The SMILES string of the molecule is CN(C)C1(CNC(=O)c2cccc(-c3noc(C(F)(F)F)n3)c2)CCOCC1. The number of nitrogens with zero attached hydrogens (tertiary/aromatic N) is 3. The molecule has 28 heavy (non-hydrogen) atoms. The molecular formula is C18H21F3N4O3. The van der Waals surface area contributed by atoms with Crippen LogP contribution in [-0.2, 0) is 10.9 Å². The van der Waals surface area contributed by atoms with E-state index in [9.17, 15) is 18.0 Å². The fourth-order valence-corrected chi connectivity index (χ4v) is 3.14. The van der Waals surface area contributed by atoms with Crippen LogP contribution in [0.4, 0.5) is 13.2 Å². The highest BCUT2D eigenvalue weighted by atomic mass is 19.4. The van der Waals surface area contributed by atoms with Gasteiger partial charge in [-0.15, -0.1) is 0 Å². The highest BCUT2D eigenvalue weighted by molar-refractivity contribution is 5.95. The van der Waals surface area contributed by atoms with E-state index in [0.717, 1.165) is 12.8 Å². The van der Waals surface area contributed by atoms with E-state index in [1.165, 1.54) is 12.1 Å². The van der Waals surface area contributed by atoms with Gasteiger partial charge in [0.2, 0.25) is 5.82 Å². The molecule has 2 aromatic rings. The second-order valence-corrected chi connectivity index (χ2v) is 6.92. The normalized spacial score (nSPS) is 16.9. The minimum Gasteiger partial charge on any atom is -0.381 e. The van der Waals surface area contributed by atoms with E-state index in [0.29, 0.717) is 25.3 Å². The van der Waals surface area contributed by atoms with E-state index in [1.807, 2.05) is 14.1 Å². The van der Waals surface area contributed by atoms with Gasteiger partial charge in [-0.05, 0) is 39.1 Å². The van der Waals surface area contributed by atoms with Crippen molar-refractivity contribution in [1.82, 2.24) is 20.4 Å². The molecule has 1 aliphatic rings. The Morgan fingerprint density at radius 1 is 1.29 bits per heavy atom. The molecule has 0 spiro atoms. The number of carbonyl (C=O) groups excluding carboxylic acids is 1. The Labute approximate surface area is 159 Å². The van der Waals surface area contributed by atoms with Crippen LogP contribution in [-0.4, -0.2) is 60.3 Å². The number of benzene rings is 1. The molecule has 1 aromatic heterocycles. The maximum Gasteiger partial charge on any atom is 0.471 e. The van der Waals surface area contributed by atoms with E-state index in [2.05, 4.69) is 24.9 Å². The lowest BCUT2D eigenvalue weighted by Crippen LogP contribution is -2.55. The van der Waals surface area contributed by atoms with Crippen LogP contribution in [0.2, 0.25) is 0 Å². The van der Waals surface area contributed by atoms with Gasteiger partial charge >= 0.3 is 12.1 Å². The van der Waals surface area contributed by atoms with Gasteiger partial charge in [-0.25, -0.2) is 0 Å². The summed E-state index contributed by atoms with van der Waals surface area (Å²) in [7, 11) is 3.93. The van der Waals surface area contributed by atoms with E-state index in [4.69, 9.17) is 4.74 Å². The molecule has 2 heterocycles. The standard InChI is InChI=1S/C18H21F3N4O3/c1-25(2)17(6-8-27-9-7-17)11-22-15(26)13-5-3-4-12(10-13)14-23-16(28-24-14)18(19,20)21/h3-5,10H,6-9,11H2,1-2H3,(H,22,26). The van der Waals surface area contributed by atoms with Gasteiger partial charge < -0.3 is 19.5 Å². The predicted octanol–water partition coefficient (Wildman–Crippen LogP) is 2.60. The summed E-state index contributed by atoms with van der Waals surface area (Å²) in [6, 6.07) is 6.09. The Morgan fingerprint density at radius 2 is 2.00 bits per heavy atom. The number of ether oxygens (including phenoxy) is 1. The van der Waals surface area contributed by atoms with Crippen molar-refractivity contribution in [2.24, 2.45) is 0 Å². The van der Waals surface area contributed by atoms with Gasteiger partial charge in [0.05, 0.1) is 0 Å². The number of amides is 1. The summed E-state index contributed by atoms with van der Waals surface area (Å²) < 4.78 is 47.5. The van der Waals surface area contributed by atoms with Crippen LogP contribution in [0.5, 0.6) is 0 Å². The molecule has 3 rings (SSSR count). The third-order valence-corrected chi connectivity index (χ3v) is 5.00. The number of halogens is 3. The van der Waals surface area contributed by atoms with E-state index in [-0.39, 0.29) is 22.8 Å². The van der Waals surface area contributed by atoms with Crippen molar-refractivity contribution in [3.63, 3.8) is 0 Å². The number of nitrogens with one attached hydrogen (secondary N) is 1. The Bertz CT molecular complexity index is 829. The van der Waals surface area contributed by atoms with Gasteiger partial charge in [-0.3, -0.25) is 4.79 Å². The second-order valence-electron chi connectivity index (χ2n) is 6.92. The smallest absolute Gasteiger partial charge is 0.381 e. The average Bonchev–Trinajstić information content (AvgIpc) is 3.17. The fraction of sp³-hybridized carbons (Fsp3) is 0.500. The summed E-state index contributed by atoms with van der Waals surface area (Å²) in [4.78, 5) is 18.0. The Kier molecular flexibility index (Phi) is 5.71. The van der Waals surface area contributed by atoms with E-state index >= 15 is 0 Å². The number of hydrogen-bond donors (Lipinski definition) is 1. The summed E-state index contributed by atoms with van der Waals surface area (Å²) in [5, 5.41) is 6.27. The van der Waals surface area contributed by atoms with Crippen LogP contribution in [0, 0.1) is 0 Å². The summed E-state index contributed by atoms with van der Waals surface area (Å²) in [6.45, 7) is 1.69. The van der Waals surface area contributed by atoms with Gasteiger partial charge in [-0.1, -0.05) is 17.3 Å². The largest absolute Gasteiger partial charge is 0.471 e. The van der Waals surface area contributed by atoms with Crippen LogP contribution in [0.1, 0.15) is 29.1 Å². The van der Waals surface area contributed by atoms with Crippen LogP contribution in [0.3, 0.4) is 0 Å². The van der Waals surface area contributed by atoms with Crippen molar-refractivity contribution >= 4 is 5.91 Å². The van der Waals surface area contributed by atoms with Gasteiger partial charge in [-0.2, -0.15) is 18.2 Å². The molecule has 0 radical (unpaired) electrons. The van der Waals surface area contributed by atoms with Crippen molar-refractivity contribution < 1.29 is 27.2 Å². The zero-order valence-electron chi connectivity index (χ0n) is 15.5. The molecule has 1 fully saturated rings. The molecule has 1 amide bonds. The third-order valence-electron chi connectivity index (χ3n) is 5.00. The fourth-order valence-electron chi connectivity index (χ4n) is 3.14. The molecule has 1 N–H and O–H groups in total. The summed E-state index contributed by atoms with van der Waals surface area (Å²) >= 11 is 0. The molecule has 0 unspecified atom stereocenters. The number of carbonyl (C=O) groups is 1. The van der Waals surface area contributed by atoms with E-state index in [1.54, 1.807) is 12.1 Å². The molecule has 0 atom stereocenters. The number of likely N-dealkylation sites (N-methyl/N-ethyl adjacent to an activating group) is 1. The molecule has 0 bridgehead atoms. The number of aromatic nitrogens is 2. The highest BCUT2D eigenvalue weighted by Gasteiger charge is 2.38. The van der Waals surface area contributed by atoms with Crippen molar-refractivity contribution in [2.75, 3.05) is 33.9 Å². The molecule has 1 aromatic carbocycles. The summed E-state index contributed by atoms with van der Waals surface area (Å²) in [5.41, 5.74) is 0.373. The number of rotatable bonds is 5. The molecule has 152 valence electrons. The van der Waals surface area contributed by atoms with Crippen molar-refractivity contribution in [1.29, 1.82) is 0 Å². The van der Waals surface area contributed by atoms with Crippen molar-refractivity contribution in [3.8, 4) is 11.4 Å². The first kappa shape index (κ1) is 20.3. The Morgan fingerprint density at radius 3 is 2.61 bits per heavy atom. The van der Waals surface area contributed by atoms with Crippen molar-refractivity contribution in [2.45, 2.75) is 24.6 Å². The quantitative estimate of drug-likeness (QED) is 0.834. The van der Waals surface area contributed by atoms with Crippen LogP contribution < -0.4 is 5.32 Å². The second kappa shape index (κ2) is 7.88. The monoisotopic (exact) mass is 398 g/mol. The summed E-state index contributed by atoms with van der Waals surface area (Å²) in [5.74, 6) is -1.98. The summed E-state index contributed by atoms with van der Waals surface area (Å²) in [6.07, 6.45) is -3.13. The molecule has 1 aliphatic heterocycles. The Hall–Kier alpha value is -2.46. The number of alkyl halides is 3. The number of hydrogen-bond acceptors (Lipinski definition) is 6. The highest BCUT2D eigenvalue weighted by Crippen LogP contribution is 2.29. The van der Waals surface area contributed by atoms with Gasteiger partial charge in [0.1, 0.15) is 0 Å². The molecule has 0 aliphatic carbocycles. The third kappa shape index (κ3) is 4.33. The average molecular weight is 398 g/mol. The maximum absolute atomic E-state index is 12.6. The van der Waals surface area contributed by atoms with Crippen molar-refractivity contribution in [3.05, 3.63) is 35.7 Å². The molecule has 0 saturated carbocycles. The van der Waals surface area contributed by atoms with Gasteiger partial charge in [0.25, 0.3) is 5.91 Å². The topological polar surface area (TPSA) is 80.5 Å². The van der Waals surface area contributed by atoms with Gasteiger partial charge in [0, 0.05) is 36.4 Å². The van der Waals surface area contributed by atoms with Crippen LogP contribution in [0.15, 0.2) is 28.8 Å². The maximum atomic E-state index is 12.6. The molecule has 7 nitrogen and oxygen atoms in total. The van der Waals surface area contributed by atoms with Gasteiger partial charge in [0.15, 0.2) is 0 Å². The lowest BCUT2D eigenvalue weighted by atomic mass is 9.88. The molecular weight excluding hydrogens is 377 g/mol. The lowest BCUT2D eigenvalue weighted by molar-refractivity contribution is -0.159. The molecule has 10 heteroatoms. The minimum absolute atomic E-state index is 0.194.